The molecular formula is C9H7ClN6O2S. The summed E-state index contributed by atoms with van der Waals surface area (Å²) in [5.74, 6) is 5.12. The van der Waals surface area contributed by atoms with Crippen LogP contribution >= 0.6 is 23.4 Å². The molecule has 2 aromatic rings. The van der Waals surface area contributed by atoms with E-state index in [-0.39, 0.29) is 16.5 Å². The molecule has 0 saturated heterocycles. The van der Waals surface area contributed by atoms with E-state index in [1.165, 1.54) is 12.5 Å². The van der Waals surface area contributed by atoms with Crippen molar-refractivity contribution in [2.75, 3.05) is 5.43 Å². The van der Waals surface area contributed by atoms with Gasteiger partial charge in [-0.2, -0.15) is 0 Å². The summed E-state index contributed by atoms with van der Waals surface area (Å²) >= 11 is 6.73. The van der Waals surface area contributed by atoms with Gasteiger partial charge in [0.2, 0.25) is 5.82 Å². The Morgan fingerprint density at radius 2 is 2.16 bits per heavy atom. The molecule has 19 heavy (non-hydrogen) atoms. The summed E-state index contributed by atoms with van der Waals surface area (Å²) in [6, 6.07) is 3.26. The average molecular weight is 299 g/mol. The lowest BCUT2D eigenvalue weighted by Crippen LogP contribution is -2.12. The molecule has 8 nitrogen and oxygen atoms in total. The van der Waals surface area contributed by atoms with Crippen LogP contribution in [0.3, 0.4) is 0 Å². The number of nitro groups is 1. The van der Waals surface area contributed by atoms with Crippen molar-refractivity contribution in [3.8, 4) is 0 Å². The first-order chi connectivity index (χ1) is 9.11. The van der Waals surface area contributed by atoms with Crippen LogP contribution in [0.5, 0.6) is 0 Å². The number of nitrogens with two attached hydrogens (primary N) is 1. The Labute approximate surface area is 116 Å². The highest BCUT2D eigenvalue weighted by Gasteiger charge is 2.23. The van der Waals surface area contributed by atoms with Crippen LogP contribution in [-0.2, 0) is 0 Å². The lowest BCUT2D eigenvalue weighted by atomic mass is 10.5. The molecule has 0 fully saturated rings. The molecular weight excluding hydrogens is 292 g/mol. The highest BCUT2D eigenvalue weighted by atomic mass is 35.5. The number of anilines is 1. The number of nitrogens with zero attached hydrogens (tertiary/aromatic N) is 4. The van der Waals surface area contributed by atoms with Crippen LogP contribution in [0.15, 0.2) is 34.7 Å². The van der Waals surface area contributed by atoms with Crippen molar-refractivity contribution in [1.82, 2.24) is 15.0 Å². The first kappa shape index (κ1) is 13.5. The van der Waals surface area contributed by atoms with Gasteiger partial charge in [-0.3, -0.25) is 10.1 Å². The molecule has 0 saturated carbocycles. The predicted molar refractivity (Wildman–Crippen MR) is 69.9 cm³/mol. The van der Waals surface area contributed by atoms with Gasteiger partial charge < -0.3 is 5.43 Å². The molecule has 2 heterocycles. The van der Waals surface area contributed by atoms with Gasteiger partial charge in [0.15, 0.2) is 5.03 Å². The third-order valence-corrected chi connectivity index (χ3v) is 3.18. The third kappa shape index (κ3) is 3.08. The second-order valence-electron chi connectivity index (χ2n) is 3.19. The van der Waals surface area contributed by atoms with Crippen molar-refractivity contribution in [1.29, 1.82) is 0 Å². The molecule has 98 valence electrons. The molecule has 2 aromatic heterocycles. The van der Waals surface area contributed by atoms with Crippen LogP contribution in [0.25, 0.3) is 0 Å². The van der Waals surface area contributed by atoms with E-state index < -0.39 is 4.92 Å². The number of nitrogens with one attached hydrogen (secondary N) is 1. The second kappa shape index (κ2) is 5.78. The summed E-state index contributed by atoms with van der Waals surface area (Å²) in [7, 11) is 0. The molecule has 0 aromatic carbocycles. The normalized spacial score (nSPS) is 10.2. The number of halogens is 1. The zero-order chi connectivity index (χ0) is 13.8. The smallest absolute Gasteiger partial charge is 0.303 e. The Hall–Kier alpha value is -1.97. The topological polar surface area (TPSA) is 120 Å². The Kier molecular flexibility index (Phi) is 4.10. The fourth-order valence-electron chi connectivity index (χ4n) is 1.23. The number of rotatable bonds is 4. The summed E-state index contributed by atoms with van der Waals surface area (Å²) in [5, 5.41) is 12.2. The Morgan fingerprint density at radius 3 is 2.74 bits per heavy atom. The molecule has 0 spiro atoms. The molecule has 0 aliphatic carbocycles. The molecule has 0 radical (unpaired) electrons. The highest BCUT2D eigenvalue weighted by Crippen LogP contribution is 2.35. The van der Waals surface area contributed by atoms with Gasteiger partial charge in [-0.15, -0.1) is 0 Å². The van der Waals surface area contributed by atoms with E-state index in [9.17, 15) is 10.1 Å². The van der Waals surface area contributed by atoms with Crippen molar-refractivity contribution >= 4 is 34.9 Å². The summed E-state index contributed by atoms with van der Waals surface area (Å²) in [5.41, 5.74) is 1.87. The SMILES string of the molecule is NNc1ncnc(Sc2ccc(Cl)cn2)c1[N+](=O)[O-]. The molecule has 0 amide bonds. The van der Waals surface area contributed by atoms with Gasteiger partial charge in [-0.25, -0.2) is 20.8 Å². The average Bonchev–Trinajstić information content (AvgIpc) is 2.40. The largest absolute Gasteiger partial charge is 0.344 e. The van der Waals surface area contributed by atoms with Crippen molar-refractivity contribution in [2.24, 2.45) is 5.84 Å². The minimum atomic E-state index is -0.604. The van der Waals surface area contributed by atoms with Gasteiger partial charge in [0.1, 0.15) is 11.4 Å². The van der Waals surface area contributed by atoms with E-state index in [4.69, 9.17) is 17.4 Å². The van der Waals surface area contributed by atoms with Gasteiger partial charge in [0.05, 0.1) is 9.95 Å². The van der Waals surface area contributed by atoms with E-state index in [0.717, 1.165) is 11.8 Å². The van der Waals surface area contributed by atoms with Crippen LogP contribution in [0.2, 0.25) is 5.02 Å². The second-order valence-corrected chi connectivity index (χ2v) is 4.64. The van der Waals surface area contributed by atoms with Crippen LogP contribution in [0.1, 0.15) is 0 Å². The van der Waals surface area contributed by atoms with Crippen LogP contribution in [0.4, 0.5) is 11.5 Å². The summed E-state index contributed by atoms with van der Waals surface area (Å²) < 4.78 is 0. The quantitative estimate of drug-likeness (QED) is 0.380. The lowest BCUT2D eigenvalue weighted by molar-refractivity contribution is -0.387. The number of hydrogen-bond acceptors (Lipinski definition) is 8. The minimum Gasteiger partial charge on any atom is -0.303 e. The highest BCUT2D eigenvalue weighted by molar-refractivity contribution is 7.99. The first-order valence-electron chi connectivity index (χ1n) is 4.87. The van der Waals surface area contributed by atoms with Gasteiger partial charge >= 0.3 is 5.69 Å². The molecule has 3 N–H and O–H groups in total. The van der Waals surface area contributed by atoms with Gasteiger partial charge in [0.25, 0.3) is 0 Å². The summed E-state index contributed by atoms with van der Waals surface area (Å²) in [4.78, 5) is 22.0. The van der Waals surface area contributed by atoms with Crippen molar-refractivity contribution < 1.29 is 4.92 Å². The summed E-state index contributed by atoms with van der Waals surface area (Å²) in [6.07, 6.45) is 2.62. The Bertz CT molecular complexity index is 608. The molecule has 10 heteroatoms. The molecule has 0 atom stereocenters. The number of nitrogen functional groups attached to an aromatic ring is 1. The molecule has 0 aliphatic rings. The van der Waals surface area contributed by atoms with E-state index >= 15 is 0 Å². The monoisotopic (exact) mass is 298 g/mol. The van der Waals surface area contributed by atoms with E-state index in [1.807, 2.05) is 0 Å². The number of hydrazine groups is 1. The zero-order valence-corrected chi connectivity index (χ0v) is 10.9. The molecule has 0 unspecified atom stereocenters. The van der Waals surface area contributed by atoms with Crippen LogP contribution in [-0.4, -0.2) is 19.9 Å². The van der Waals surface area contributed by atoms with Crippen molar-refractivity contribution in [3.63, 3.8) is 0 Å². The van der Waals surface area contributed by atoms with Gasteiger partial charge in [-0.05, 0) is 23.9 Å². The lowest BCUT2D eigenvalue weighted by Gasteiger charge is -2.04. The maximum atomic E-state index is 11.0. The standard InChI is InChI=1S/C9H7ClN6O2S/c10-5-1-2-6(12-3-5)19-9-7(16(17)18)8(15-11)13-4-14-9/h1-4H,11H2,(H,13,14,15). The van der Waals surface area contributed by atoms with Crippen LogP contribution < -0.4 is 11.3 Å². The third-order valence-electron chi connectivity index (χ3n) is 2.01. The van der Waals surface area contributed by atoms with Gasteiger partial charge in [0, 0.05) is 6.20 Å². The number of aromatic nitrogens is 3. The molecule has 2 rings (SSSR count). The fourth-order valence-corrected chi connectivity index (χ4v) is 2.15. The maximum Gasteiger partial charge on any atom is 0.344 e. The fraction of sp³-hybridized carbons (Fsp3) is 0. The number of hydrogen-bond donors (Lipinski definition) is 2. The molecule has 0 bridgehead atoms. The zero-order valence-electron chi connectivity index (χ0n) is 9.28. The Morgan fingerprint density at radius 1 is 1.37 bits per heavy atom. The van der Waals surface area contributed by atoms with E-state index in [1.54, 1.807) is 12.1 Å². The molecule has 0 aliphatic heterocycles. The Balaban J connectivity index is 2.39. The predicted octanol–water partition coefficient (Wildman–Crippen LogP) is 1.87. The van der Waals surface area contributed by atoms with Crippen LogP contribution in [0, 0.1) is 10.1 Å². The summed E-state index contributed by atoms with van der Waals surface area (Å²) in [6.45, 7) is 0. The van der Waals surface area contributed by atoms with E-state index in [2.05, 4.69) is 20.4 Å². The first-order valence-corrected chi connectivity index (χ1v) is 6.06. The van der Waals surface area contributed by atoms with Gasteiger partial charge in [-0.1, -0.05) is 11.6 Å². The number of pyridine rings is 1. The van der Waals surface area contributed by atoms with E-state index in [0.29, 0.717) is 10.0 Å². The minimum absolute atomic E-state index is 0.0588. The van der Waals surface area contributed by atoms with Crippen molar-refractivity contribution in [2.45, 2.75) is 10.1 Å². The van der Waals surface area contributed by atoms with Crippen molar-refractivity contribution in [3.05, 3.63) is 39.8 Å². The maximum absolute atomic E-state index is 11.0.